The molecule has 3 N–H and O–H groups in total. The van der Waals surface area contributed by atoms with Crippen LogP contribution in [0.5, 0.6) is 0 Å². The molecule has 5 rings (SSSR count). The number of benzene rings is 1. The zero-order chi connectivity index (χ0) is 26.3. The third-order valence-corrected chi connectivity index (χ3v) is 7.24. The lowest BCUT2D eigenvalue weighted by atomic mass is 10.1. The fraction of sp³-hybridized carbons (Fsp3) is 0.393. The first-order valence-corrected chi connectivity index (χ1v) is 12.5. The second-order valence-electron chi connectivity index (χ2n) is 9.70. The predicted octanol–water partition coefficient (Wildman–Crippen LogP) is 3.00. The van der Waals surface area contributed by atoms with Crippen molar-refractivity contribution in [3.63, 3.8) is 0 Å². The smallest absolute Gasteiger partial charge is 0.253 e. The van der Waals surface area contributed by atoms with Crippen molar-refractivity contribution >= 4 is 28.7 Å². The van der Waals surface area contributed by atoms with E-state index in [0.717, 1.165) is 22.4 Å². The highest BCUT2D eigenvalue weighted by atomic mass is 16.5. The third kappa shape index (κ3) is 4.49. The molecule has 1 aliphatic heterocycles. The van der Waals surface area contributed by atoms with Crippen LogP contribution in [0.2, 0.25) is 0 Å². The minimum atomic E-state index is -0.563. The van der Waals surface area contributed by atoms with Crippen LogP contribution in [0.4, 0.5) is 5.82 Å². The van der Waals surface area contributed by atoms with Gasteiger partial charge in [-0.05, 0) is 50.5 Å². The zero-order valence-electron chi connectivity index (χ0n) is 21.5. The van der Waals surface area contributed by atoms with E-state index in [9.17, 15) is 9.59 Å². The van der Waals surface area contributed by atoms with Gasteiger partial charge in [0.25, 0.3) is 5.91 Å². The van der Waals surface area contributed by atoms with Crippen LogP contribution in [0.15, 0.2) is 37.1 Å². The Morgan fingerprint density at radius 3 is 2.73 bits per heavy atom. The summed E-state index contributed by atoms with van der Waals surface area (Å²) in [4.78, 5) is 31.4. The number of primary amides is 1. The molecule has 9 heteroatoms. The van der Waals surface area contributed by atoms with Gasteiger partial charge in [-0.3, -0.25) is 9.59 Å². The predicted molar refractivity (Wildman–Crippen MR) is 142 cm³/mol. The van der Waals surface area contributed by atoms with Crippen molar-refractivity contribution in [3.05, 3.63) is 59.6 Å². The number of imidazole rings is 1. The van der Waals surface area contributed by atoms with Gasteiger partial charge >= 0.3 is 0 Å². The number of aromatic nitrogens is 3. The van der Waals surface area contributed by atoms with Crippen LogP contribution in [0.25, 0.3) is 11.0 Å². The first-order valence-electron chi connectivity index (χ1n) is 12.5. The largest absolute Gasteiger partial charge is 0.383 e. The van der Waals surface area contributed by atoms with E-state index in [0.29, 0.717) is 42.6 Å². The minimum absolute atomic E-state index is 0.0779. The van der Waals surface area contributed by atoms with E-state index in [1.807, 2.05) is 29.8 Å². The third-order valence-electron chi connectivity index (χ3n) is 7.24. The monoisotopic (exact) mass is 500 g/mol. The molecule has 1 aliphatic carbocycles. The number of nitrogens with two attached hydrogens (primary N) is 1. The van der Waals surface area contributed by atoms with Crippen molar-refractivity contribution in [3.8, 4) is 11.8 Å². The maximum absolute atomic E-state index is 12.5. The van der Waals surface area contributed by atoms with E-state index in [2.05, 4.69) is 34.4 Å². The molecule has 0 unspecified atom stereocenters. The summed E-state index contributed by atoms with van der Waals surface area (Å²) in [6.45, 7) is 6.54. The molecule has 1 saturated heterocycles. The van der Waals surface area contributed by atoms with Gasteiger partial charge in [0, 0.05) is 38.5 Å². The minimum Gasteiger partial charge on any atom is -0.383 e. The highest BCUT2D eigenvalue weighted by Gasteiger charge is 2.37. The molecule has 2 fully saturated rings. The topological polar surface area (TPSA) is 107 Å². The number of anilines is 1. The van der Waals surface area contributed by atoms with Crippen LogP contribution >= 0.6 is 0 Å². The molecule has 3 heterocycles. The summed E-state index contributed by atoms with van der Waals surface area (Å²) in [5.74, 6) is 7.25. The molecular formula is C28H32N6O3. The molecule has 9 nitrogen and oxygen atoms in total. The molecule has 0 bridgehead atoms. The summed E-state index contributed by atoms with van der Waals surface area (Å²) in [7, 11) is 3.36. The van der Waals surface area contributed by atoms with Gasteiger partial charge in [0.1, 0.15) is 11.6 Å². The highest BCUT2D eigenvalue weighted by molar-refractivity contribution is 6.01. The number of nitrogens with one attached hydrogen (secondary N) is 1. The molecule has 3 aromatic rings. The Hall–Kier alpha value is -4.03. The normalized spacial score (nSPS) is 19.1. The summed E-state index contributed by atoms with van der Waals surface area (Å²) in [6, 6.07) is 6.42. The lowest BCUT2D eigenvalue weighted by Crippen LogP contribution is -2.37. The summed E-state index contributed by atoms with van der Waals surface area (Å²) in [6.07, 6.45) is 6.22. The number of nitrogens with zero attached hydrogens (tertiary/aromatic N) is 4. The number of likely N-dealkylation sites (tertiary alicyclic amines) is 1. The van der Waals surface area contributed by atoms with E-state index in [-0.39, 0.29) is 18.0 Å². The Bertz CT molecular complexity index is 1450. The Morgan fingerprint density at radius 1 is 1.30 bits per heavy atom. The molecule has 0 radical (unpaired) electrons. The number of hydrogen-bond donors (Lipinski definition) is 2. The Balaban J connectivity index is 1.50. The Labute approximate surface area is 216 Å². The quantitative estimate of drug-likeness (QED) is 0.383. The fourth-order valence-electron chi connectivity index (χ4n) is 5.47. The van der Waals surface area contributed by atoms with Crippen molar-refractivity contribution in [1.82, 2.24) is 19.0 Å². The van der Waals surface area contributed by atoms with Gasteiger partial charge in [0.05, 0.1) is 40.9 Å². The molecule has 0 spiro atoms. The average Bonchev–Trinajstić information content (AvgIpc) is 3.37. The van der Waals surface area contributed by atoms with Gasteiger partial charge in [-0.25, -0.2) is 4.98 Å². The summed E-state index contributed by atoms with van der Waals surface area (Å²) in [5.41, 5.74) is 9.52. The number of ether oxygens (including phenoxy) is 1. The number of hydrogen-bond acceptors (Lipinski definition) is 5. The number of amides is 2. The maximum Gasteiger partial charge on any atom is 0.253 e. The highest BCUT2D eigenvalue weighted by Crippen LogP contribution is 2.38. The van der Waals surface area contributed by atoms with Gasteiger partial charge in [0.2, 0.25) is 5.91 Å². The van der Waals surface area contributed by atoms with Gasteiger partial charge < -0.3 is 29.8 Å². The second-order valence-corrected chi connectivity index (χ2v) is 9.70. The average molecular weight is 501 g/mol. The molecule has 2 amide bonds. The maximum atomic E-state index is 12.5. The fourth-order valence-corrected chi connectivity index (χ4v) is 5.47. The van der Waals surface area contributed by atoms with Crippen LogP contribution in [0.3, 0.4) is 0 Å². The van der Waals surface area contributed by atoms with Gasteiger partial charge in [-0.15, -0.1) is 0 Å². The van der Waals surface area contributed by atoms with Crippen molar-refractivity contribution in [2.24, 2.45) is 5.73 Å². The second kappa shape index (κ2) is 9.79. The molecule has 192 valence electrons. The SMILES string of the molecule is C=CC(=O)N1C[C@@H](n2cc(C#Cc3ccc4c(c3)nc(C)n4C3CC3)c(C(N)=O)c2NC)C[C@@H]1COC. The molecule has 37 heavy (non-hydrogen) atoms. The van der Waals surface area contributed by atoms with Crippen LogP contribution in [-0.4, -0.2) is 64.2 Å². The van der Waals surface area contributed by atoms with E-state index >= 15 is 0 Å². The van der Waals surface area contributed by atoms with E-state index in [4.69, 9.17) is 15.5 Å². The molecule has 1 saturated carbocycles. The summed E-state index contributed by atoms with van der Waals surface area (Å²) in [5, 5.41) is 3.12. The lowest BCUT2D eigenvalue weighted by Gasteiger charge is -2.22. The molecule has 1 aromatic carbocycles. The summed E-state index contributed by atoms with van der Waals surface area (Å²) < 4.78 is 9.61. The van der Waals surface area contributed by atoms with Crippen molar-refractivity contribution in [2.75, 3.05) is 32.6 Å². The van der Waals surface area contributed by atoms with Crippen LogP contribution in [-0.2, 0) is 9.53 Å². The first kappa shape index (κ1) is 24.7. The number of methoxy groups -OCH3 is 1. The Morgan fingerprint density at radius 2 is 2.08 bits per heavy atom. The number of fused-ring (bicyclic) bond motifs is 1. The zero-order valence-corrected chi connectivity index (χ0v) is 21.5. The number of carbonyl (C=O) groups is 2. The molecule has 2 aromatic heterocycles. The van der Waals surface area contributed by atoms with Gasteiger partial charge in [-0.1, -0.05) is 18.4 Å². The first-order chi connectivity index (χ1) is 17.9. The Kier molecular flexibility index (Phi) is 6.52. The van der Waals surface area contributed by atoms with E-state index < -0.39 is 5.91 Å². The van der Waals surface area contributed by atoms with E-state index in [1.165, 1.54) is 18.9 Å². The van der Waals surface area contributed by atoms with E-state index in [1.54, 1.807) is 19.1 Å². The summed E-state index contributed by atoms with van der Waals surface area (Å²) >= 11 is 0. The van der Waals surface area contributed by atoms with Crippen LogP contribution < -0.4 is 11.1 Å². The molecule has 2 atom stereocenters. The number of carbonyl (C=O) groups excluding carboxylic acids is 2. The molecular weight excluding hydrogens is 468 g/mol. The van der Waals surface area contributed by atoms with Gasteiger partial charge in [-0.2, -0.15) is 0 Å². The number of rotatable bonds is 7. The lowest BCUT2D eigenvalue weighted by molar-refractivity contribution is -0.127. The van der Waals surface area contributed by atoms with Gasteiger partial charge in [0.15, 0.2) is 0 Å². The van der Waals surface area contributed by atoms with Crippen molar-refractivity contribution in [1.29, 1.82) is 0 Å². The number of aryl methyl sites for hydroxylation is 1. The molecule has 2 aliphatic rings. The van der Waals surface area contributed by atoms with Crippen molar-refractivity contribution in [2.45, 2.75) is 44.3 Å². The van der Waals surface area contributed by atoms with Crippen molar-refractivity contribution < 1.29 is 14.3 Å². The standard InChI is InChI=1S/C28H32N6O3/c1-5-25(35)32-15-21(13-22(32)16-37-4)33-14-19(26(27(29)36)28(33)30-3)8-6-18-7-11-24-23(12-18)31-17(2)34(24)20-9-10-20/h5,7,11-12,14,20-22,30H,1,9-10,13,15-16H2,2-4H3,(H2,29,36)/t21-,22+/m0/s1. The van der Waals surface area contributed by atoms with Crippen LogP contribution in [0, 0.1) is 18.8 Å². The van der Waals surface area contributed by atoms with Crippen LogP contribution in [0.1, 0.15) is 58.7 Å².